The van der Waals surface area contributed by atoms with E-state index in [9.17, 15) is 4.79 Å². The molecule has 0 aromatic carbocycles. The number of hydrogen-bond donors (Lipinski definition) is 1. The van der Waals surface area contributed by atoms with Crippen LogP contribution >= 0.6 is 0 Å². The van der Waals surface area contributed by atoms with E-state index >= 15 is 0 Å². The van der Waals surface area contributed by atoms with E-state index in [1.807, 2.05) is 0 Å². The maximum atomic E-state index is 10.2. The van der Waals surface area contributed by atoms with Crippen molar-refractivity contribution in [2.75, 3.05) is 0 Å². The molecular formula is C6H7NNa2O2. The van der Waals surface area contributed by atoms with Gasteiger partial charge in [-0.05, 0) is 12.1 Å². The van der Waals surface area contributed by atoms with Gasteiger partial charge in [0.2, 0.25) is 0 Å². The van der Waals surface area contributed by atoms with E-state index < -0.39 is 5.97 Å². The SMILES string of the molecule is O=C(O)c1ccncc1.[NaH].[NaH]. The van der Waals surface area contributed by atoms with Crippen LogP contribution in [0.2, 0.25) is 0 Å². The molecule has 11 heavy (non-hydrogen) atoms. The quantitative estimate of drug-likeness (QED) is 0.578. The fourth-order valence-corrected chi connectivity index (χ4v) is 0.494. The molecule has 0 bridgehead atoms. The second-order valence-corrected chi connectivity index (χ2v) is 1.54. The summed E-state index contributed by atoms with van der Waals surface area (Å²) in [6, 6.07) is 2.89. The Morgan fingerprint density at radius 2 is 1.73 bits per heavy atom. The Morgan fingerprint density at radius 3 is 2.00 bits per heavy atom. The van der Waals surface area contributed by atoms with Gasteiger partial charge >= 0.3 is 65.1 Å². The first kappa shape index (κ1) is 14.2. The first-order chi connectivity index (χ1) is 4.30. The molecule has 0 fully saturated rings. The molecule has 1 aromatic heterocycles. The third-order valence-corrected chi connectivity index (χ3v) is 0.927. The first-order valence-corrected chi connectivity index (χ1v) is 2.44. The van der Waals surface area contributed by atoms with Gasteiger partial charge in [-0.2, -0.15) is 0 Å². The second-order valence-electron chi connectivity index (χ2n) is 1.54. The summed E-state index contributed by atoms with van der Waals surface area (Å²) < 4.78 is 0. The van der Waals surface area contributed by atoms with Crippen LogP contribution in [0.4, 0.5) is 0 Å². The number of aromatic carboxylic acids is 1. The minimum absolute atomic E-state index is 0. The van der Waals surface area contributed by atoms with Crippen molar-refractivity contribution in [3.05, 3.63) is 30.1 Å². The number of pyridine rings is 1. The molecule has 0 spiro atoms. The number of carboxylic acid groups (broad SMARTS) is 1. The van der Waals surface area contributed by atoms with Crippen molar-refractivity contribution < 1.29 is 9.90 Å². The van der Waals surface area contributed by atoms with Crippen molar-refractivity contribution >= 4 is 65.1 Å². The van der Waals surface area contributed by atoms with Crippen molar-refractivity contribution in [2.45, 2.75) is 0 Å². The van der Waals surface area contributed by atoms with Crippen LogP contribution in [0.15, 0.2) is 24.5 Å². The number of carbonyl (C=O) groups is 1. The van der Waals surface area contributed by atoms with Crippen LogP contribution in [0, 0.1) is 0 Å². The van der Waals surface area contributed by atoms with Gasteiger partial charge in [0.05, 0.1) is 5.56 Å². The molecule has 1 N–H and O–H groups in total. The predicted molar refractivity (Wildman–Crippen MR) is 45.5 cm³/mol. The number of rotatable bonds is 1. The van der Waals surface area contributed by atoms with Crippen LogP contribution in [-0.4, -0.2) is 75.2 Å². The van der Waals surface area contributed by atoms with Crippen LogP contribution in [0.25, 0.3) is 0 Å². The summed E-state index contributed by atoms with van der Waals surface area (Å²) in [7, 11) is 0. The summed E-state index contributed by atoms with van der Waals surface area (Å²) in [5.41, 5.74) is 0.269. The van der Waals surface area contributed by atoms with E-state index in [0.29, 0.717) is 0 Å². The molecule has 50 valence electrons. The second kappa shape index (κ2) is 7.28. The van der Waals surface area contributed by atoms with Gasteiger partial charge in [-0.1, -0.05) is 0 Å². The molecule has 0 unspecified atom stereocenters. The Balaban J connectivity index is 0. The van der Waals surface area contributed by atoms with Gasteiger partial charge in [-0.15, -0.1) is 0 Å². The zero-order valence-electron chi connectivity index (χ0n) is 4.61. The number of nitrogens with zero attached hydrogens (tertiary/aromatic N) is 1. The zero-order chi connectivity index (χ0) is 6.69. The Hall–Kier alpha value is 0.620. The van der Waals surface area contributed by atoms with Gasteiger partial charge in [0.1, 0.15) is 0 Å². The van der Waals surface area contributed by atoms with E-state index in [-0.39, 0.29) is 64.7 Å². The maximum absolute atomic E-state index is 10.2. The summed E-state index contributed by atoms with van der Waals surface area (Å²) in [5.74, 6) is -0.919. The van der Waals surface area contributed by atoms with E-state index in [1.54, 1.807) is 0 Å². The molecule has 0 saturated heterocycles. The molecule has 0 aliphatic heterocycles. The minimum atomic E-state index is -0.919. The van der Waals surface area contributed by atoms with Crippen LogP contribution in [0.5, 0.6) is 0 Å². The van der Waals surface area contributed by atoms with Gasteiger partial charge in [-0.25, -0.2) is 4.79 Å². The monoisotopic (exact) mass is 171 g/mol. The summed E-state index contributed by atoms with van der Waals surface area (Å²) in [6.07, 6.45) is 2.90. The van der Waals surface area contributed by atoms with Gasteiger partial charge < -0.3 is 5.11 Å². The Bertz CT molecular complexity index is 215. The first-order valence-electron chi connectivity index (χ1n) is 2.44. The Labute approximate surface area is 109 Å². The van der Waals surface area contributed by atoms with Crippen molar-refractivity contribution in [3.8, 4) is 0 Å². The third-order valence-electron chi connectivity index (χ3n) is 0.927. The topological polar surface area (TPSA) is 50.2 Å². The van der Waals surface area contributed by atoms with Gasteiger partial charge in [0.25, 0.3) is 0 Å². The van der Waals surface area contributed by atoms with Crippen molar-refractivity contribution in [1.82, 2.24) is 4.98 Å². The molecule has 1 rings (SSSR count). The average molecular weight is 171 g/mol. The predicted octanol–water partition coefficient (Wildman–Crippen LogP) is -0.517. The molecule has 1 aromatic rings. The molecule has 0 amide bonds. The fourth-order valence-electron chi connectivity index (χ4n) is 0.494. The zero-order valence-corrected chi connectivity index (χ0v) is 4.61. The molecular weight excluding hydrogens is 164 g/mol. The Kier molecular flexibility index (Phi) is 9.37. The number of hydrogen-bond acceptors (Lipinski definition) is 2. The normalized spacial score (nSPS) is 7.27. The van der Waals surface area contributed by atoms with E-state index in [1.165, 1.54) is 24.5 Å². The van der Waals surface area contributed by atoms with Crippen LogP contribution < -0.4 is 0 Å². The van der Waals surface area contributed by atoms with E-state index in [0.717, 1.165) is 0 Å². The van der Waals surface area contributed by atoms with Crippen molar-refractivity contribution in [3.63, 3.8) is 0 Å². The average Bonchev–Trinajstić information content (AvgIpc) is 1.90. The van der Waals surface area contributed by atoms with Crippen LogP contribution in [-0.2, 0) is 0 Å². The van der Waals surface area contributed by atoms with Crippen molar-refractivity contribution in [1.29, 1.82) is 0 Å². The van der Waals surface area contributed by atoms with E-state index in [2.05, 4.69) is 4.98 Å². The van der Waals surface area contributed by atoms with Gasteiger partial charge in [0, 0.05) is 12.4 Å². The van der Waals surface area contributed by atoms with Gasteiger partial charge in [0.15, 0.2) is 0 Å². The van der Waals surface area contributed by atoms with Crippen LogP contribution in [0.3, 0.4) is 0 Å². The third kappa shape index (κ3) is 4.95. The Morgan fingerprint density at radius 1 is 1.27 bits per heavy atom. The molecule has 5 heteroatoms. The summed E-state index contributed by atoms with van der Waals surface area (Å²) in [4.78, 5) is 13.8. The molecule has 0 saturated carbocycles. The van der Waals surface area contributed by atoms with Crippen LogP contribution in [0.1, 0.15) is 10.4 Å². The van der Waals surface area contributed by atoms with E-state index in [4.69, 9.17) is 5.11 Å². The number of carboxylic acids is 1. The molecule has 3 nitrogen and oxygen atoms in total. The van der Waals surface area contributed by atoms with Gasteiger partial charge in [-0.3, -0.25) is 4.98 Å². The molecule has 0 radical (unpaired) electrons. The standard InChI is InChI=1S/C6H5NO2.2Na.2H/c8-6(9)5-1-3-7-4-2-5;;;;/h1-4H,(H,8,9);;;;. The van der Waals surface area contributed by atoms with Crippen molar-refractivity contribution in [2.24, 2.45) is 0 Å². The number of aromatic nitrogens is 1. The summed E-state index contributed by atoms with van der Waals surface area (Å²) >= 11 is 0. The molecule has 0 atom stereocenters. The molecule has 0 aliphatic carbocycles. The summed E-state index contributed by atoms with van der Waals surface area (Å²) in [6.45, 7) is 0. The molecule has 0 aliphatic rings. The summed E-state index contributed by atoms with van der Waals surface area (Å²) in [5, 5.41) is 8.36. The molecule has 1 heterocycles. The fraction of sp³-hybridized carbons (Fsp3) is 0.